The van der Waals surface area contributed by atoms with E-state index in [0.717, 1.165) is 0 Å². The van der Waals surface area contributed by atoms with Gasteiger partial charge in [-0.2, -0.15) is 0 Å². The Balaban J connectivity index is 3.76. The summed E-state index contributed by atoms with van der Waals surface area (Å²) in [6, 6.07) is 0. The molecule has 0 fully saturated rings. The molecule has 0 bridgehead atoms. The van der Waals surface area contributed by atoms with Gasteiger partial charge in [0.15, 0.2) is 0 Å². The molecule has 0 radical (unpaired) electrons. The Hall–Kier alpha value is -1.56. The minimum absolute atomic E-state index is 0.505. The molecule has 0 heteroatoms. The zero-order chi connectivity index (χ0) is 38.3. The van der Waals surface area contributed by atoms with Crippen LogP contribution >= 0.6 is 0 Å². The fourth-order valence-corrected chi connectivity index (χ4v) is 8.06. The van der Waals surface area contributed by atoms with E-state index >= 15 is 0 Å². The van der Waals surface area contributed by atoms with Gasteiger partial charge in [-0.3, -0.25) is 0 Å². The number of hydrogen-bond acceptors (Lipinski definition) is 0. The SMILES string of the molecule is CCCCCCC=C/C1=C(\C(C=CCCCCCCC)=C(C=CCCCCCCC)C(C=CCCCCCCC)CCCCCCC)CCCCCC1. The molecule has 0 heterocycles. The number of allylic oxidation sites excluding steroid dienone is 12. The van der Waals surface area contributed by atoms with Crippen molar-refractivity contribution < 1.29 is 0 Å². The molecule has 1 rings (SSSR count). The second kappa shape index (κ2) is 38.7. The normalized spacial score (nSPS) is 17.1. The molecule has 0 aromatic heterocycles. The maximum atomic E-state index is 2.69. The summed E-state index contributed by atoms with van der Waals surface area (Å²) < 4.78 is 0. The summed E-state index contributed by atoms with van der Waals surface area (Å²) in [5.41, 5.74) is 6.61. The van der Waals surface area contributed by atoms with Crippen LogP contribution in [0.1, 0.15) is 259 Å². The van der Waals surface area contributed by atoms with Crippen LogP contribution in [0.25, 0.3) is 0 Å². The molecule has 0 N–H and O–H groups in total. The summed E-state index contributed by atoms with van der Waals surface area (Å²) in [7, 11) is 0. The maximum Gasteiger partial charge on any atom is 0.00238 e. The van der Waals surface area contributed by atoms with Gasteiger partial charge in [-0.25, -0.2) is 0 Å². The summed E-state index contributed by atoms with van der Waals surface area (Å²) >= 11 is 0. The van der Waals surface area contributed by atoms with Gasteiger partial charge in [0, 0.05) is 5.92 Å². The number of unbranched alkanes of at least 4 members (excludes halogenated alkanes) is 23. The summed E-state index contributed by atoms with van der Waals surface area (Å²) in [5.74, 6) is 0.505. The first-order chi connectivity index (χ1) is 26.2. The Labute approximate surface area is 335 Å². The van der Waals surface area contributed by atoms with E-state index in [1.807, 2.05) is 0 Å². The third kappa shape index (κ3) is 27.6. The van der Waals surface area contributed by atoms with Crippen molar-refractivity contribution in [2.75, 3.05) is 0 Å². The van der Waals surface area contributed by atoms with E-state index in [1.54, 1.807) is 22.3 Å². The summed E-state index contributed by atoms with van der Waals surface area (Å²) in [5, 5.41) is 0. The van der Waals surface area contributed by atoms with Crippen LogP contribution in [-0.4, -0.2) is 0 Å². The van der Waals surface area contributed by atoms with Gasteiger partial charge < -0.3 is 0 Å². The predicted molar refractivity (Wildman–Crippen MR) is 244 cm³/mol. The molecular weight excluding hydrogens is 637 g/mol. The molecule has 1 aliphatic carbocycles. The summed E-state index contributed by atoms with van der Waals surface area (Å²) in [4.78, 5) is 0. The molecule has 0 nitrogen and oxygen atoms in total. The highest BCUT2D eigenvalue weighted by Gasteiger charge is 2.19. The lowest BCUT2D eigenvalue weighted by atomic mass is 9.81. The van der Waals surface area contributed by atoms with Gasteiger partial charge in [-0.05, 0) is 106 Å². The maximum absolute atomic E-state index is 2.69. The molecule has 53 heavy (non-hydrogen) atoms. The fraction of sp³-hybridized carbons (Fsp3) is 0.774. The highest BCUT2D eigenvalue weighted by molar-refractivity contribution is 5.53. The lowest BCUT2D eigenvalue weighted by molar-refractivity contribution is 0.563. The van der Waals surface area contributed by atoms with E-state index in [2.05, 4.69) is 83.2 Å². The van der Waals surface area contributed by atoms with Gasteiger partial charge in [0.25, 0.3) is 0 Å². The Bertz CT molecular complexity index is 980. The van der Waals surface area contributed by atoms with Crippen LogP contribution in [0.4, 0.5) is 0 Å². The summed E-state index contributed by atoms with van der Waals surface area (Å²) in [6.45, 7) is 11.7. The van der Waals surface area contributed by atoms with Crippen molar-refractivity contribution in [2.24, 2.45) is 5.92 Å². The van der Waals surface area contributed by atoms with Crippen LogP contribution in [0.2, 0.25) is 0 Å². The molecule has 0 aromatic carbocycles. The highest BCUT2D eigenvalue weighted by atomic mass is 14.2. The van der Waals surface area contributed by atoms with Gasteiger partial charge in [0.1, 0.15) is 0 Å². The first kappa shape index (κ1) is 49.5. The monoisotopic (exact) mass is 731 g/mol. The van der Waals surface area contributed by atoms with Crippen molar-refractivity contribution >= 4 is 0 Å². The van der Waals surface area contributed by atoms with Crippen molar-refractivity contribution in [3.63, 3.8) is 0 Å². The minimum atomic E-state index is 0.505. The Morgan fingerprint density at radius 3 is 1.42 bits per heavy atom. The van der Waals surface area contributed by atoms with E-state index in [0.29, 0.717) is 5.92 Å². The van der Waals surface area contributed by atoms with E-state index in [-0.39, 0.29) is 0 Å². The lowest BCUT2D eigenvalue weighted by Crippen LogP contribution is -2.07. The van der Waals surface area contributed by atoms with Crippen molar-refractivity contribution in [1.29, 1.82) is 0 Å². The van der Waals surface area contributed by atoms with Gasteiger partial charge in [0.2, 0.25) is 0 Å². The zero-order valence-electron chi connectivity index (χ0n) is 36.9. The van der Waals surface area contributed by atoms with Crippen molar-refractivity contribution in [2.45, 2.75) is 259 Å². The minimum Gasteiger partial charge on any atom is -0.0879 e. The van der Waals surface area contributed by atoms with Crippen molar-refractivity contribution in [3.05, 3.63) is 70.9 Å². The molecular formula is C53H94. The third-order valence-electron chi connectivity index (χ3n) is 11.6. The van der Waals surface area contributed by atoms with E-state index < -0.39 is 0 Å². The van der Waals surface area contributed by atoms with Crippen molar-refractivity contribution in [3.8, 4) is 0 Å². The first-order valence-electron chi connectivity index (χ1n) is 24.4. The molecule has 0 spiro atoms. The Morgan fingerprint density at radius 1 is 0.434 bits per heavy atom. The second-order valence-electron chi connectivity index (χ2n) is 16.7. The molecule has 1 unspecified atom stereocenters. The van der Waals surface area contributed by atoms with Crippen LogP contribution in [0.3, 0.4) is 0 Å². The van der Waals surface area contributed by atoms with Gasteiger partial charge >= 0.3 is 0 Å². The standard InChI is InChI=1S/C53H94/c1-6-11-16-21-25-30-37-44-49(42-35-28-20-15-10-5)51(46-39-31-26-22-17-12-7-2)53(48-41-32-27-23-18-13-8-3)52-47-40-34-33-38-45-50(52)43-36-29-24-19-14-9-4/h36-37,39,41,43-44,46,48-49H,6-35,38,40,42,45,47H2,1-5H3/b43-36?,44-37?,46-39?,48-41?,52-50+,53-51?. The quantitative estimate of drug-likeness (QED) is 0.0346. The molecule has 0 saturated heterocycles. The molecule has 0 amide bonds. The van der Waals surface area contributed by atoms with Crippen LogP contribution < -0.4 is 0 Å². The predicted octanol–water partition coefficient (Wildman–Crippen LogP) is 19.2. The van der Waals surface area contributed by atoms with Crippen LogP contribution in [-0.2, 0) is 0 Å². The number of hydrogen-bond donors (Lipinski definition) is 0. The number of rotatable bonds is 35. The highest BCUT2D eigenvalue weighted by Crippen LogP contribution is 2.36. The fourth-order valence-electron chi connectivity index (χ4n) is 8.06. The van der Waals surface area contributed by atoms with E-state index in [9.17, 15) is 0 Å². The second-order valence-corrected chi connectivity index (χ2v) is 16.7. The lowest BCUT2D eigenvalue weighted by Gasteiger charge is -2.24. The van der Waals surface area contributed by atoms with Crippen molar-refractivity contribution in [1.82, 2.24) is 0 Å². The van der Waals surface area contributed by atoms with E-state index in [1.165, 1.54) is 225 Å². The van der Waals surface area contributed by atoms with Crippen LogP contribution in [0, 0.1) is 5.92 Å². The first-order valence-corrected chi connectivity index (χ1v) is 24.4. The third-order valence-corrected chi connectivity index (χ3v) is 11.6. The Kier molecular flexibility index (Phi) is 36.1. The smallest absolute Gasteiger partial charge is 0.00238 e. The van der Waals surface area contributed by atoms with Gasteiger partial charge in [-0.1, -0.05) is 224 Å². The largest absolute Gasteiger partial charge is 0.0879 e. The van der Waals surface area contributed by atoms with Crippen LogP contribution in [0.15, 0.2) is 70.9 Å². The Morgan fingerprint density at radius 2 is 0.868 bits per heavy atom. The molecule has 306 valence electrons. The molecule has 0 aromatic rings. The summed E-state index contributed by atoms with van der Waals surface area (Å²) in [6.07, 6.45) is 67.7. The van der Waals surface area contributed by atoms with Gasteiger partial charge in [0.05, 0.1) is 0 Å². The molecule has 0 aliphatic heterocycles. The molecule has 0 saturated carbocycles. The average molecular weight is 731 g/mol. The van der Waals surface area contributed by atoms with E-state index in [4.69, 9.17) is 0 Å². The van der Waals surface area contributed by atoms with Gasteiger partial charge in [-0.15, -0.1) is 0 Å². The zero-order valence-corrected chi connectivity index (χ0v) is 36.9. The van der Waals surface area contributed by atoms with Crippen LogP contribution in [0.5, 0.6) is 0 Å². The molecule has 1 atom stereocenters. The topological polar surface area (TPSA) is 0 Å². The molecule has 1 aliphatic rings. The average Bonchev–Trinajstić information content (AvgIpc) is 3.16.